The molecule has 1 aliphatic rings. The number of methoxy groups -OCH3 is 1. The molecule has 0 bridgehead atoms. The molecule has 2 unspecified atom stereocenters. The second-order valence-corrected chi connectivity index (χ2v) is 8.01. The van der Waals surface area contributed by atoms with Crippen molar-refractivity contribution in [3.8, 4) is 0 Å². The number of hydrogen-bond donors (Lipinski definition) is 1. The molecule has 5 nitrogen and oxygen atoms in total. The number of rotatable bonds is 7. The minimum absolute atomic E-state index is 0.0342. The molecule has 0 aromatic heterocycles. The van der Waals surface area contributed by atoms with E-state index >= 15 is 0 Å². The van der Waals surface area contributed by atoms with Gasteiger partial charge in [0.25, 0.3) is 5.91 Å². The van der Waals surface area contributed by atoms with Gasteiger partial charge in [0.15, 0.2) is 0 Å². The first-order chi connectivity index (χ1) is 11.9. The molecule has 0 radical (unpaired) electrons. The minimum Gasteiger partial charge on any atom is -0.383 e. The van der Waals surface area contributed by atoms with Crippen LogP contribution in [0.25, 0.3) is 0 Å². The van der Waals surface area contributed by atoms with Crippen molar-refractivity contribution in [2.75, 3.05) is 26.0 Å². The van der Waals surface area contributed by atoms with E-state index in [9.17, 15) is 9.59 Å². The molecule has 1 heterocycles. The summed E-state index contributed by atoms with van der Waals surface area (Å²) >= 11 is 1.69. The number of carbonyl (C=O) groups excluding carboxylic acids is 2. The average Bonchev–Trinajstić information content (AvgIpc) is 2.98. The summed E-state index contributed by atoms with van der Waals surface area (Å²) in [7, 11) is 1.60. The number of carbonyl (C=O) groups is 2. The Kier molecular flexibility index (Phi) is 7.32. The normalized spacial score (nSPS) is 20.1. The van der Waals surface area contributed by atoms with E-state index in [-0.39, 0.29) is 17.2 Å². The maximum absolute atomic E-state index is 13.1. The van der Waals surface area contributed by atoms with Crippen LogP contribution in [-0.4, -0.2) is 54.1 Å². The number of thioether (sulfide) groups is 1. The zero-order valence-corrected chi connectivity index (χ0v) is 16.3. The fraction of sp³-hybridized carbons (Fsp3) is 0.579. The molecule has 1 aromatic carbocycles. The monoisotopic (exact) mass is 364 g/mol. The number of aryl methyl sites for hydroxylation is 1. The summed E-state index contributed by atoms with van der Waals surface area (Å²) in [4.78, 5) is 27.5. The smallest absolute Gasteiger partial charge is 0.255 e. The summed E-state index contributed by atoms with van der Waals surface area (Å²) in [6, 6.07) is 7.11. The van der Waals surface area contributed by atoms with Gasteiger partial charge < -0.3 is 15.0 Å². The molecule has 6 heteroatoms. The van der Waals surface area contributed by atoms with Gasteiger partial charge in [0.05, 0.1) is 12.0 Å². The molecular weight excluding hydrogens is 336 g/mol. The van der Waals surface area contributed by atoms with Gasteiger partial charge in [-0.2, -0.15) is 0 Å². The Hall–Kier alpha value is -1.53. The van der Waals surface area contributed by atoms with Crippen molar-refractivity contribution in [3.05, 3.63) is 35.4 Å². The van der Waals surface area contributed by atoms with Crippen molar-refractivity contribution in [1.82, 2.24) is 10.2 Å². The van der Waals surface area contributed by atoms with Gasteiger partial charge in [-0.3, -0.25) is 9.59 Å². The topological polar surface area (TPSA) is 58.6 Å². The van der Waals surface area contributed by atoms with E-state index in [0.29, 0.717) is 30.4 Å². The second-order valence-electron chi connectivity index (χ2n) is 6.80. The lowest BCUT2D eigenvalue weighted by molar-refractivity contribution is -0.125. The molecule has 2 amide bonds. The first-order valence-corrected chi connectivity index (χ1v) is 9.76. The van der Waals surface area contributed by atoms with Crippen LogP contribution in [-0.2, 0) is 9.53 Å². The third-order valence-electron chi connectivity index (χ3n) is 4.21. The number of benzene rings is 1. The van der Waals surface area contributed by atoms with Crippen LogP contribution in [0.15, 0.2) is 24.3 Å². The summed E-state index contributed by atoms with van der Waals surface area (Å²) in [6.07, 6.45) is 0.879. The fourth-order valence-corrected chi connectivity index (χ4v) is 4.50. The molecule has 2 rings (SSSR count). The van der Waals surface area contributed by atoms with Crippen molar-refractivity contribution in [1.29, 1.82) is 0 Å². The van der Waals surface area contributed by atoms with E-state index < -0.39 is 6.04 Å². The van der Waals surface area contributed by atoms with E-state index in [4.69, 9.17) is 4.74 Å². The number of nitrogens with one attached hydrogen (secondary N) is 1. The van der Waals surface area contributed by atoms with Gasteiger partial charge >= 0.3 is 0 Å². The van der Waals surface area contributed by atoms with E-state index in [2.05, 4.69) is 19.2 Å². The third kappa shape index (κ3) is 5.22. The summed E-state index contributed by atoms with van der Waals surface area (Å²) in [6.45, 7) is 7.20. The summed E-state index contributed by atoms with van der Waals surface area (Å²) in [5.41, 5.74) is 1.75. The van der Waals surface area contributed by atoms with Gasteiger partial charge in [0.2, 0.25) is 5.91 Å². The first-order valence-electron chi connectivity index (χ1n) is 8.71. The Morgan fingerprint density at radius 3 is 2.60 bits per heavy atom. The van der Waals surface area contributed by atoms with Crippen molar-refractivity contribution in [3.63, 3.8) is 0 Å². The highest BCUT2D eigenvalue weighted by Crippen LogP contribution is 2.34. The van der Waals surface area contributed by atoms with Gasteiger partial charge in [0.1, 0.15) is 6.04 Å². The molecule has 0 spiro atoms. The molecule has 0 aliphatic carbocycles. The molecule has 25 heavy (non-hydrogen) atoms. The van der Waals surface area contributed by atoms with Crippen LogP contribution < -0.4 is 5.32 Å². The van der Waals surface area contributed by atoms with E-state index in [1.165, 1.54) is 0 Å². The van der Waals surface area contributed by atoms with Crippen LogP contribution in [0.2, 0.25) is 0 Å². The van der Waals surface area contributed by atoms with E-state index in [1.54, 1.807) is 23.8 Å². The van der Waals surface area contributed by atoms with Gasteiger partial charge in [-0.1, -0.05) is 31.5 Å². The van der Waals surface area contributed by atoms with E-state index in [0.717, 1.165) is 12.0 Å². The van der Waals surface area contributed by atoms with Crippen molar-refractivity contribution >= 4 is 23.6 Å². The molecule has 138 valence electrons. The molecule has 1 aliphatic heterocycles. The Morgan fingerprint density at radius 2 is 2.00 bits per heavy atom. The summed E-state index contributed by atoms with van der Waals surface area (Å²) < 4.78 is 4.98. The van der Waals surface area contributed by atoms with Crippen LogP contribution in [0.1, 0.15) is 36.2 Å². The highest BCUT2D eigenvalue weighted by molar-refractivity contribution is 8.00. The Labute approximate surface area is 154 Å². The van der Waals surface area contributed by atoms with Gasteiger partial charge in [-0.25, -0.2) is 0 Å². The highest BCUT2D eigenvalue weighted by Gasteiger charge is 2.41. The van der Waals surface area contributed by atoms with Crippen LogP contribution >= 0.6 is 11.8 Å². The lowest BCUT2D eigenvalue weighted by Crippen LogP contribution is -2.50. The molecule has 2 atom stereocenters. The van der Waals surface area contributed by atoms with Crippen molar-refractivity contribution in [2.45, 2.75) is 38.6 Å². The zero-order chi connectivity index (χ0) is 18.4. The number of amides is 2. The van der Waals surface area contributed by atoms with Crippen molar-refractivity contribution < 1.29 is 14.3 Å². The number of hydrogen-bond acceptors (Lipinski definition) is 4. The Morgan fingerprint density at radius 1 is 1.32 bits per heavy atom. The van der Waals surface area contributed by atoms with E-state index in [1.807, 2.05) is 31.2 Å². The largest absolute Gasteiger partial charge is 0.383 e. The molecule has 0 saturated carbocycles. The van der Waals surface area contributed by atoms with Gasteiger partial charge in [0, 0.05) is 25.0 Å². The highest BCUT2D eigenvalue weighted by atomic mass is 32.2. The third-order valence-corrected chi connectivity index (χ3v) is 5.52. The molecule has 1 aromatic rings. The van der Waals surface area contributed by atoms with Crippen LogP contribution in [0.4, 0.5) is 0 Å². The predicted molar refractivity (Wildman–Crippen MR) is 102 cm³/mol. The van der Waals surface area contributed by atoms with Crippen LogP contribution in [0, 0.1) is 12.8 Å². The quantitative estimate of drug-likeness (QED) is 0.756. The fourth-order valence-electron chi connectivity index (χ4n) is 2.86. The van der Waals surface area contributed by atoms with Crippen LogP contribution in [0.5, 0.6) is 0 Å². The average molecular weight is 365 g/mol. The number of ether oxygens (including phenoxy) is 1. The SMILES string of the molecule is COCCNC(=O)C1CSC(CC(C)C)N1C(=O)c1ccc(C)cc1. The van der Waals surface area contributed by atoms with Crippen molar-refractivity contribution in [2.24, 2.45) is 5.92 Å². The molecular formula is C19H28N2O3S. The maximum atomic E-state index is 13.1. The van der Waals surface area contributed by atoms with Crippen LogP contribution in [0.3, 0.4) is 0 Å². The summed E-state index contributed by atoms with van der Waals surface area (Å²) in [5.74, 6) is 0.924. The van der Waals surface area contributed by atoms with Gasteiger partial charge in [-0.05, 0) is 31.4 Å². The second kappa shape index (κ2) is 9.25. The lowest BCUT2D eigenvalue weighted by Gasteiger charge is -2.30. The molecule has 1 saturated heterocycles. The zero-order valence-electron chi connectivity index (χ0n) is 15.5. The summed E-state index contributed by atoms with van der Waals surface area (Å²) in [5, 5.41) is 2.91. The minimum atomic E-state index is -0.431. The first kappa shape index (κ1) is 19.8. The Bertz CT molecular complexity index is 589. The standard InChI is InChI=1S/C19H28N2O3S/c1-13(2)11-17-21(19(23)15-7-5-14(3)6-8-15)16(12-25-17)18(22)20-9-10-24-4/h5-8,13,16-17H,9-12H2,1-4H3,(H,20,22). The number of nitrogens with zero attached hydrogens (tertiary/aromatic N) is 1. The predicted octanol–water partition coefficient (Wildman–Crippen LogP) is 2.69. The van der Waals surface area contributed by atoms with Gasteiger partial charge in [-0.15, -0.1) is 11.8 Å². The Balaban J connectivity index is 2.19. The lowest BCUT2D eigenvalue weighted by atomic mass is 10.1. The molecule has 1 N–H and O–H groups in total. The maximum Gasteiger partial charge on any atom is 0.255 e. The molecule has 1 fully saturated rings.